The van der Waals surface area contributed by atoms with Gasteiger partial charge >= 0.3 is 0 Å². The maximum Gasteiger partial charge on any atom is 0.240 e. The molecule has 6 heteroatoms. The van der Waals surface area contributed by atoms with Crippen LogP contribution in [0.3, 0.4) is 0 Å². The SMILES string of the molecule is C/C(=C\n1nc(N)nc1C)c1ccc2c(c1)OCO2. The van der Waals surface area contributed by atoms with Gasteiger partial charge in [0.05, 0.1) is 0 Å². The molecule has 19 heavy (non-hydrogen) atoms. The predicted molar refractivity (Wildman–Crippen MR) is 71.6 cm³/mol. The highest BCUT2D eigenvalue weighted by molar-refractivity contribution is 5.75. The number of nitrogens with two attached hydrogens (primary N) is 1. The molecule has 6 nitrogen and oxygen atoms in total. The third-order valence-electron chi connectivity index (χ3n) is 2.96. The van der Waals surface area contributed by atoms with Crippen LogP contribution in [0.1, 0.15) is 18.3 Å². The molecule has 0 atom stereocenters. The second kappa shape index (κ2) is 4.31. The van der Waals surface area contributed by atoms with E-state index in [1.807, 2.05) is 38.2 Å². The van der Waals surface area contributed by atoms with Crippen LogP contribution in [0.4, 0.5) is 5.95 Å². The van der Waals surface area contributed by atoms with Crippen molar-refractivity contribution in [2.75, 3.05) is 12.5 Å². The molecule has 0 radical (unpaired) electrons. The molecule has 3 rings (SSSR count). The minimum atomic E-state index is 0.271. The van der Waals surface area contributed by atoms with Gasteiger partial charge in [-0.15, -0.1) is 5.10 Å². The van der Waals surface area contributed by atoms with E-state index in [9.17, 15) is 0 Å². The van der Waals surface area contributed by atoms with E-state index in [2.05, 4.69) is 10.1 Å². The lowest BCUT2D eigenvalue weighted by Gasteiger charge is -2.04. The first-order chi connectivity index (χ1) is 9.13. The Bertz CT molecular complexity index is 661. The average Bonchev–Trinajstić information content (AvgIpc) is 2.95. The van der Waals surface area contributed by atoms with Gasteiger partial charge in [-0.1, -0.05) is 6.07 Å². The van der Waals surface area contributed by atoms with Crippen molar-refractivity contribution in [1.82, 2.24) is 14.8 Å². The average molecular weight is 258 g/mol. The topological polar surface area (TPSA) is 75.2 Å². The highest BCUT2D eigenvalue weighted by Gasteiger charge is 2.13. The summed E-state index contributed by atoms with van der Waals surface area (Å²) in [6.45, 7) is 4.13. The van der Waals surface area contributed by atoms with E-state index in [0.717, 1.165) is 28.5 Å². The van der Waals surface area contributed by atoms with E-state index in [1.54, 1.807) is 4.68 Å². The molecule has 0 spiro atoms. The number of ether oxygens (including phenoxy) is 2. The normalized spacial score (nSPS) is 13.9. The smallest absolute Gasteiger partial charge is 0.240 e. The van der Waals surface area contributed by atoms with Gasteiger partial charge in [0.25, 0.3) is 0 Å². The molecule has 1 aliphatic heterocycles. The largest absolute Gasteiger partial charge is 0.454 e. The maximum atomic E-state index is 5.56. The predicted octanol–water partition coefficient (Wildman–Crippen LogP) is 1.92. The fraction of sp³-hybridized carbons (Fsp3) is 0.231. The Labute approximate surface area is 110 Å². The maximum absolute atomic E-state index is 5.56. The van der Waals surface area contributed by atoms with Crippen LogP contribution < -0.4 is 15.2 Å². The molecule has 0 fully saturated rings. The number of benzene rings is 1. The molecule has 2 N–H and O–H groups in total. The quantitative estimate of drug-likeness (QED) is 0.890. The number of anilines is 1. The van der Waals surface area contributed by atoms with Gasteiger partial charge in [0.15, 0.2) is 11.5 Å². The number of hydrogen-bond donors (Lipinski definition) is 1. The summed E-state index contributed by atoms with van der Waals surface area (Å²) in [5.41, 5.74) is 7.63. The molecular weight excluding hydrogens is 244 g/mol. The highest BCUT2D eigenvalue weighted by Crippen LogP contribution is 2.34. The van der Waals surface area contributed by atoms with Crippen LogP contribution >= 0.6 is 0 Å². The lowest BCUT2D eigenvalue weighted by atomic mass is 10.1. The van der Waals surface area contributed by atoms with Gasteiger partial charge < -0.3 is 15.2 Å². The molecule has 1 aromatic carbocycles. The van der Waals surface area contributed by atoms with Crippen LogP contribution in [-0.4, -0.2) is 21.6 Å². The summed E-state index contributed by atoms with van der Waals surface area (Å²) < 4.78 is 12.3. The molecule has 0 saturated carbocycles. The number of nitrogen functional groups attached to an aromatic ring is 1. The van der Waals surface area contributed by atoms with E-state index in [-0.39, 0.29) is 12.7 Å². The lowest BCUT2D eigenvalue weighted by molar-refractivity contribution is 0.174. The van der Waals surface area contributed by atoms with Crippen LogP contribution in [0.5, 0.6) is 11.5 Å². The molecule has 0 bridgehead atoms. The van der Waals surface area contributed by atoms with Crippen molar-refractivity contribution < 1.29 is 9.47 Å². The summed E-state index contributed by atoms with van der Waals surface area (Å²) >= 11 is 0. The second-order valence-corrected chi connectivity index (χ2v) is 4.34. The van der Waals surface area contributed by atoms with Crippen molar-refractivity contribution in [2.24, 2.45) is 0 Å². The Hall–Kier alpha value is -2.50. The third kappa shape index (κ3) is 2.12. The third-order valence-corrected chi connectivity index (χ3v) is 2.96. The Balaban J connectivity index is 1.95. The zero-order chi connectivity index (χ0) is 13.4. The summed E-state index contributed by atoms with van der Waals surface area (Å²) in [6, 6.07) is 5.83. The molecule has 0 unspecified atom stereocenters. The number of fused-ring (bicyclic) bond motifs is 1. The van der Waals surface area contributed by atoms with Crippen molar-refractivity contribution in [1.29, 1.82) is 0 Å². The monoisotopic (exact) mass is 258 g/mol. The molecule has 0 saturated heterocycles. The second-order valence-electron chi connectivity index (χ2n) is 4.34. The molecule has 2 aromatic rings. The number of aromatic nitrogens is 3. The highest BCUT2D eigenvalue weighted by atomic mass is 16.7. The molecule has 2 heterocycles. The van der Waals surface area contributed by atoms with Crippen molar-refractivity contribution >= 4 is 17.7 Å². The van der Waals surface area contributed by atoms with Crippen molar-refractivity contribution in [3.63, 3.8) is 0 Å². The number of rotatable bonds is 2. The van der Waals surface area contributed by atoms with E-state index < -0.39 is 0 Å². The Morgan fingerprint density at radius 3 is 2.89 bits per heavy atom. The van der Waals surface area contributed by atoms with Crippen molar-refractivity contribution in [3.8, 4) is 11.5 Å². The van der Waals surface area contributed by atoms with E-state index in [0.29, 0.717) is 0 Å². The molecular formula is C13H14N4O2. The minimum Gasteiger partial charge on any atom is -0.454 e. The van der Waals surface area contributed by atoms with E-state index in [4.69, 9.17) is 15.2 Å². The van der Waals surface area contributed by atoms with Crippen LogP contribution in [0.15, 0.2) is 18.2 Å². The fourth-order valence-corrected chi connectivity index (χ4v) is 1.94. The van der Waals surface area contributed by atoms with Gasteiger partial charge in [0, 0.05) is 6.20 Å². The van der Waals surface area contributed by atoms with Gasteiger partial charge in [-0.05, 0) is 37.1 Å². The lowest BCUT2D eigenvalue weighted by Crippen LogP contribution is -1.95. The summed E-state index contributed by atoms with van der Waals surface area (Å²) in [4.78, 5) is 4.06. The summed E-state index contributed by atoms with van der Waals surface area (Å²) in [7, 11) is 0. The zero-order valence-corrected chi connectivity index (χ0v) is 10.8. The standard InChI is InChI=1S/C13H14N4O2/c1-8(6-17-9(2)15-13(14)16-17)10-3-4-11-12(5-10)19-7-18-11/h3-6H,7H2,1-2H3,(H2,14,16)/b8-6+. The zero-order valence-electron chi connectivity index (χ0n) is 10.8. The summed E-state index contributed by atoms with van der Waals surface area (Å²) in [5.74, 6) is 2.56. The van der Waals surface area contributed by atoms with Crippen molar-refractivity contribution in [3.05, 3.63) is 29.6 Å². The van der Waals surface area contributed by atoms with Crippen LogP contribution in [0, 0.1) is 6.92 Å². The van der Waals surface area contributed by atoms with Gasteiger partial charge in [0.1, 0.15) is 5.82 Å². The Morgan fingerprint density at radius 1 is 1.37 bits per heavy atom. The number of nitrogens with zero attached hydrogens (tertiary/aromatic N) is 3. The van der Waals surface area contributed by atoms with Crippen LogP contribution in [0.25, 0.3) is 11.8 Å². The first-order valence-electron chi connectivity index (χ1n) is 5.90. The Kier molecular flexibility index (Phi) is 2.63. The number of allylic oxidation sites excluding steroid dienone is 1. The Morgan fingerprint density at radius 2 is 2.16 bits per heavy atom. The van der Waals surface area contributed by atoms with Gasteiger partial charge in [-0.3, -0.25) is 0 Å². The fourth-order valence-electron chi connectivity index (χ4n) is 1.94. The van der Waals surface area contributed by atoms with E-state index >= 15 is 0 Å². The van der Waals surface area contributed by atoms with E-state index in [1.165, 1.54) is 0 Å². The number of aryl methyl sites for hydroxylation is 1. The van der Waals surface area contributed by atoms with Gasteiger partial charge in [0.2, 0.25) is 12.7 Å². The van der Waals surface area contributed by atoms with Crippen molar-refractivity contribution in [2.45, 2.75) is 13.8 Å². The number of hydrogen-bond acceptors (Lipinski definition) is 5. The molecule has 1 aromatic heterocycles. The van der Waals surface area contributed by atoms with Crippen LogP contribution in [-0.2, 0) is 0 Å². The van der Waals surface area contributed by atoms with Gasteiger partial charge in [-0.25, -0.2) is 4.68 Å². The first kappa shape index (κ1) is 11.6. The summed E-state index contributed by atoms with van der Waals surface area (Å²) in [5, 5.41) is 4.10. The molecule has 0 aliphatic carbocycles. The molecule has 98 valence electrons. The van der Waals surface area contributed by atoms with Gasteiger partial charge in [-0.2, -0.15) is 4.98 Å². The minimum absolute atomic E-state index is 0.271. The van der Waals surface area contributed by atoms with Crippen LogP contribution in [0.2, 0.25) is 0 Å². The first-order valence-corrected chi connectivity index (χ1v) is 5.90. The molecule has 0 amide bonds. The molecule has 1 aliphatic rings. The summed E-state index contributed by atoms with van der Waals surface area (Å²) in [6.07, 6.45) is 1.89.